The van der Waals surface area contributed by atoms with Crippen LogP contribution in [0.2, 0.25) is 0 Å². The number of nitrogens with one attached hydrogen (secondary N) is 1. The van der Waals surface area contributed by atoms with Crippen molar-refractivity contribution in [1.29, 1.82) is 0 Å². The van der Waals surface area contributed by atoms with E-state index in [9.17, 15) is 4.79 Å². The lowest BCUT2D eigenvalue weighted by Gasteiger charge is -2.20. The molecule has 0 bridgehead atoms. The van der Waals surface area contributed by atoms with Crippen LogP contribution in [-0.2, 0) is 4.79 Å². The van der Waals surface area contributed by atoms with Crippen molar-refractivity contribution in [1.82, 2.24) is 5.32 Å². The van der Waals surface area contributed by atoms with E-state index in [0.717, 1.165) is 25.9 Å². The van der Waals surface area contributed by atoms with Crippen LogP contribution >= 0.6 is 24.2 Å². The Morgan fingerprint density at radius 2 is 2.00 bits per heavy atom. The van der Waals surface area contributed by atoms with Gasteiger partial charge in [0.1, 0.15) is 0 Å². The third kappa shape index (κ3) is 4.67. The molecule has 0 atom stereocenters. The number of rotatable bonds is 1. The molecule has 4 heteroatoms. The minimum absolute atomic E-state index is 0. The normalized spacial score (nSPS) is 19.0. The molecule has 0 aromatic rings. The highest BCUT2D eigenvalue weighted by molar-refractivity contribution is 8.14. The van der Waals surface area contributed by atoms with Gasteiger partial charge in [-0.1, -0.05) is 11.8 Å². The summed E-state index contributed by atoms with van der Waals surface area (Å²) in [5.41, 5.74) is 0. The van der Waals surface area contributed by atoms with Crippen molar-refractivity contribution in [3.63, 3.8) is 0 Å². The number of carbonyl (C=O) groups excluding carboxylic acids is 1. The first-order chi connectivity index (χ1) is 4.79. The maximum atomic E-state index is 10.7. The van der Waals surface area contributed by atoms with Gasteiger partial charge in [-0.05, 0) is 25.9 Å². The predicted molar refractivity (Wildman–Crippen MR) is 51.4 cm³/mol. The van der Waals surface area contributed by atoms with Crippen LogP contribution in [-0.4, -0.2) is 23.5 Å². The van der Waals surface area contributed by atoms with Crippen LogP contribution in [0.1, 0.15) is 19.8 Å². The highest BCUT2D eigenvalue weighted by Crippen LogP contribution is 2.20. The molecule has 0 aliphatic carbocycles. The monoisotopic (exact) mass is 195 g/mol. The quantitative estimate of drug-likeness (QED) is 0.687. The summed E-state index contributed by atoms with van der Waals surface area (Å²) >= 11 is 1.50. The Bertz CT molecular complexity index is 126. The summed E-state index contributed by atoms with van der Waals surface area (Å²) in [5.74, 6) is 0. The first-order valence-electron chi connectivity index (χ1n) is 3.67. The van der Waals surface area contributed by atoms with Crippen LogP contribution in [0.3, 0.4) is 0 Å². The molecule has 0 spiro atoms. The first-order valence-corrected chi connectivity index (χ1v) is 4.55. The van der Waals surface area contributed by atoms with Crippen molar-refractivity contribution in [2.75, 3.05) is 13.1 Å². The number of thioether (sulfide) groups is 1. The number of hydrogen-bond acceptors (Lipinski definition) is 3. The largest absolute Gasteiger partial charge is 0.317 e. The van der Waals surface area contributed by atoms with Crippen molar-refractivity contribution in [3.8, 4) is 0 Å². The van der Waals surface area contributed by atoms with Gasteiger partial charge in [0, 0.05) is 12.2 Å². The van der Waals surface area contributed by atoms with Gasteiger partial charge in [0.2, 0.25) is 0 Å². The third-order valence-corrected chi connectivity index (χ3v) is 2.76. The summed E-state index contributed by atoms with van der Waals surface area (Å²) in [4.78, 5) is 10.7. The molecule has 1 fully saturated rings. The fourth-order valence-corrected chi connectivity index (χ4v) is 2.09. The number of piperidine rings is 1. The average molecular weight is 196 g/mol. The van der Waals surface area contributed by atoms with E-state index in [4.69, 9.17) is 0 Å². The van der Waals surface area contributed by atoms with Crippen molar-refractivity contribution in [3.05, 3.63) is 0 Å². The molecule has 1 rings (SSSR count). The Labute approximate surface area is 77.9 Å². The molecule has 0 unspecified atom stereocenters. The molecule has 0 amide bonds. The molecule has 1 aliphatic rings. The molecule has 1 aliphatic heterocycles. The predicted octanol–water partition coefficient (Wildman–Crippen LogP) is 1.44. The molecule has 2 nitrogen and oxygen atoms in total. The van der Waals surface area contributed by atoms with Crippen LogP contribution in [0.4, 0.5) is 0 Å². The van der Waals surface area contributed by atoms with E-state index >= 15 is 0 Å². The van der Waals surface area contributed by atoms with E-state index in [2.05, 4.69) is 5.32 Å². The summed E-state index contributed by atoms with van der Waals surface area (Å²) in [6, 6.07) is 0. The highest BCUT2D eigenvalue weighted by atomic mass is 35.5. The lowest BCUT2D eigenvalue weighted by Crippen LogP contribution is -2.29. The lowest BCUT2D eigenvalue weighted by molar-refractivity contribution is -0.109. The zero-order valence-corrected chi connectivity index (χ0v) is 8.26. The lowest BCUT2D eigenvalue weighted by atomic mass is 10.2. The molecule has 0 radical (unpaired) electrons. The molecule has 1 N–H and O–H groups in total. The summed E-state index contributed by atoms with van der Waals surface area (Å²) in [6.07, 6.45) is 2.29. The van der Waals surface area contributed by atoms with Gasteiger partial charge in [-0.3, -0.25) is 4.79 Å². The molecule has 11 heavy (non-hydrogen) atoms. The number of halogens is 1. The minimum Gasteiger partial charge on any atom is -0.317 e. The Balaban J connectivity index is 0.000001000. The molecule has 0 aromatic carbocycles. The van der Waals surface area contributed by atoms with Crippen LogP contribution in [0, 0.1) is 0 Å². The third-order valence-electron chi connectivity index (χ3n) is 1.62. The van der Waals surface area contributed by atoms with E-state index in [-0.39, 0.29) is 17.5 Å². The molecular weight excluding hydrogens is 182 g/mol. The van der Waals surface area contributed by atoms with Crippen LogP contribution in [0.25, 0.3) is 0 Å². The smallest absolute Gasteiger partial charge is 0.186 e. The Morgan fingerprint density at radius 1 is 1.45 bits per heavy atom. The molecule has 1 heterocycles. The summed E-state index contributed by atoms with van der Waals surface area (Å²) in [7, 11) is 0. The fraction of sp³-hybridized carbons (Fsp3) is 0.857. The second-order valence-electron chi connectivity index (χ2n) is 2.56. The van der Waals surface area contributed by atoms with E-state index < -0.39 is 0 Å². The maximum Gasteiger partial charge on any atom is 0.186 e. The minimum atomic E-state index is 0. The molecule has 0 saturated carbocycles. The van der Waals surface area contributed by atoms with Gasteiger partial charge in [-0.2, -0.15) is 0 Å². The highest BCUT2D eigenvalue weighted by Gasteiger charge is 2.14. The second kappa shape index (κ2) is 5.86. The Kier molecular flexibility index (Phi) is 6.01. The average Bonchev–Trinajstić information content (AvgIpc) is 1.88. The number of carbonyl (C=O) groups is 1. The van der Waals surface area contributed by atoms with Gasteiger partial charge in [0.15, 0.2) is 5.12 Å². The van der Waals surface area contributed by atoms with Crippen molar-refractivity contribution < 1.29 is 4.79 Å². The van der Waals surface area contributed by atoms with Gasteiger partial charge < -0.3 is 5.32 Å². The van der Waals surface area contributed by atoms with Crippen molar-refractivity contribution in [2.24, 2.45) is 0 Å². The van der Waals surface area contributed by atoms with Crippen LogP contribution in [0.5, 0.6) is 0 Å². The summed E-state index contributed by atoms with van der Waals surface area (Å²) in [5, 5.41) is 4.10. The van der Waals surface area contributed by atoms with Crippen LogP contribution in [0.15, 0.2) is 0 Å². The molecule has 0 aromatic heterocycles. The molecular formula is C7H14ClNOS. The zero-order valence-electron chi connectivity index (χ0n) is 6.63. The first kappa shape index (κ1) is 11.3. The standard InChI is InChI=1S/C7H13NOS.ClH/c1-6(9)10-7-2-4-8-5-3-7;/h7-8H,2-5H2,1H3;1H. The van der Waals surface area contributed by atoms with Gasteiger partial charge in [0.05, 0.1) is 0 Å². The summed E-state index contributed by atoms with van der Waals surface area (Å²) < 4.78 is 0. The van der Waals surface area contributed by atoms with Crippen molar-refractivity contribution >= 4 is 29.3 Å². The topological polar surface area (TPSA) is 29.1 Å². The van der Waals surface area contributed by atoms with Gasteiger partial charge >= 0.3 is 0 Å². The summed E-state index contributed by atoms with van der Waals surface area (Å²) in [6.45, 7) is 3.79. The molecule has 66 valence electrons. The van der Waals surface area contributed by atoms with E-state index in [1.165, 1.54) is 11.8 Å². The van der Waals surface area contributed by atoms with E-state index in [1.54, 1.807) is 6.92 Å². The van der Waals surface area contributed by atoms with E-state index in [1.807, 2.05) is 0 Å². The van der Waals surface area contributed by atoms with Gasteiger partial charge in [-0.25, -0.2) is 0 Å². The van der Waals surface area contributed by atoms with E-state index in [0.29, 0.717) is 5.25 Å². The second-order valence-corrected chi connectivity index (χ2v) is 4.04. The van der Waals surface area contributed by atoms with Crippen molar-refractivity contribution in [2.45, 2.75) is 25.0 Å². The maximum absolute atomic E-state index is 10.7. The Hall–Kier alpha value is 0.270. The fourth-order valence-electron chi connectivity index (χ4n) is 1.15. The molecule has 1 saturated heterocycles. The SMILES string of the molecule is CC(=O)SC1CCNCC1.Cl. The Morgan fingerprint density at radius 3 is 2.45 bits per heavy atom. The van der Waals surface area contributed by atoms with Gasteiger partial charge in [-0.15, -0.1) is 12.4 Å². The van der Waals surface area contributed by atoms with Gasteiger partial charge in [0.25, 0.3) is 0 Å². The van der Waals surface area contributed by atoms with Crippen LogP contribution < -0.4 is 5.32 Å². The number of hydrogen-bond donors (Lipinski definition) is 1. The zero-order chi connectivity index (χ0) is 7.40.